The Bertz CT molecular complexity index is 813. The third kappa shape index (κ3) is 2.23. The molecule has 4 aliphatic rings. The third-order valence-electron chi connectivity index (χ3n) is 7.94. The molecule has 2 saturated carbocycles. The average molecular weight is 393 g/mol. The number of Topliss-reactive ketones (excluding diaryl/α,β-unsaturated/α-hetero) is 1. The Kier molecular flexibility index (Phi) is 4.14. The Hall–Kier alpha value is -1.27. The minimum atomic E-state index is -1.63. The van der Waals surface area contributed by atoms with Crippen LogP contribution in [0.1, 0.15) is 33.1 Å². The van der Waals surface area contributed by atoms with Gasteiger partial charge in [0.25, 0.3) is 0 Å². The number of rotatable bonds is 2. The van der Waals surface area contributed by atoms with Crippen molar-refractivity contribution in [1.82, 2.24) is 0 Å². The van der Waals surface area contributed by atoms with Crippen molar-refractivity contribution in [3.63, 3.8) is 0 Å². The number of hydrogen-bond acceptors (Lipinski definition) is 5. The van der Waals surface area contributed by atoms with Gasteiger partial charge in [-0.1, -0.05) is 37.6 Å². The van der Waals surface area contributed by atoms with E-state index in [2.05, 4.69) is 0 Å². The molecule has 2 fully saturated rings. The summed E-state index contributed by atoms with van der Waals surface area (Å²) in [4.78, 5) is 24.3. The van der Waals surface area contributed by atoms with Crippen molar-refractivity contribution in [2.75, 3.05) is 6.61 Å². The lowest BCUT2D eigenvalue weighted by Gasteiger charge is -2.58. The predicted molar refractivity (Wildman–Crippen MR) is 99.8 cm³/mol. The number of allylic oxidation sites excluding steroid dienone is 6. The van der Waals surface area contributed by atoms with E-state index in [0.29, 0.717) is 11.5 Å². The molecular weight excluding hydrogens is 368 g/mol. The number of aliphatic hydroxyl groups is 3. The normalized spacial score (nSPS) is 48.3. The number of carbonyl (C=O) groups is 2. The monoisotopic (exact) mass is 392 g/mol. The van der Waals surface area contributed by atoms with E-state index in [-0.39, 0.29) is 36.4 Å². The van der Waals surface area contributed by atoms with Crippen molar-refractivity contribution in [2.24, 2.45) is 28.6 Å². The Morgan fingerprint density at radius 3 is 2.70 bits per heavy atom. The summed E-state index contributed by atoms with van der Waals surface area (Å²) < 4.78 is 0. The van der Waals surface area contributed by atoms with Crippen LogP contribution in [0.15, 0.2) is 34.9 Å². The van der Waals surface area contributed by atoms with Crippen LogP contribution in [0, 0.1) is 28.6 Å². The molecule has 7 atom stereocenters. The summed E-state index contributed by atoms with van der Waals surface area (Å²) in [6, 6.07) is 0. The molecular formula is C21H25ClO5. The lowest BCUT2D eigenvalue weighted by atomic mass is 9.47. The minimum Gasteiger partial charge on any atom is -0.393 e. The first-order valence-corrected chi connectivity index (χ1v) is 9.84. The predicted octanol–water partition coefficient (Wildman–Crippen LogP) is 1.90. The van der Waals surface area contributed by atoms with Gasteiger partial charge in [-0.15, -0.1) is 0 Å². The SMILES string of the molecule is C[C@]12C(Cl)=CC(=O)C=C1C=C[C@@H]1[C@@H]2[C@@H](O)C[C@@]2(C)[C@H]1CC[C@]2(O)C(=O)CO. The van der Waals surface area contributed by atoms with Gasteiger partial charge in [-0.25, -0.2) is 0 Å². The number of aliphatic hydroxyl groups excluding tert-OH is 2. The minimum absolute atomic E-state index is 0.0249. The molecule has 4 aliphatic carbocycles. The first kappa shape index (κ1) is 19.1. The molecule has 0 spiro atoms. The molecule has 0 radical (unpaired) electrons. The van der Waals surface area contributed by atoms with Crippen LogP contribution in [0.3, 0.4) is 0 Å². The molecule has 0 saturated heterocycles. The quantitative estimate of drug-likeness (QED) is 0.667. The van der Waals surface area contributed by atoms with E-state index in [1.165, 1.54) is 6.08 Å². The van der Waals surface area contributed by atoms with Gasteiger partial charge in [0.1, 0.15) is 12.2 Å². The summed E-state index contributed by atoms with van der Waals surface area (Å²) in [7, 11) is 0. The molecule has 0 heterocycles. The highest BCUT2D eigenvalue weighted by molar-refractivity contribution is 6.33. The van der Waals surface area contributed by atoms with Gasteiger partial charge in [-0.2, -0.15) is 0 Å². The van der Waals surface area contributed by atoms with Crippen LogP contribution in [-0.4, -0.2) is 45.2 Å². The van der Waals surface area contributed by atoms with E-state index in [0.717, 1.165) is 5.57 Å². The fraction of sp³-hybridized carbons (Fsp3) is 0.619. The zero-order valence-corrected chi connectivity index (χ0v) is 16.2. The lowest BCUT2D eigenvalue weighted by molar-refractivity contribution is -0.172. The molecule has 3 N–H and O–H groups in total. The van der Waals surface area contributed by atoms with E-state index < -0.39 is 34.9 Å². The van der Waals surface area contributed by atoms with Crippen LogP contribution in [0.2, 0.25) is 0 Å². The van der Waals surface area contributed by atoms with E-state index in [4.69, 9.17) is 11.6 Å². The van der Waals surface area contributed by atoms with Gasteiger partial charge in [0.2, 0.25) is 0 Å². The molecule has 27 heavy (non-hydrogen) atoms. The first-order valence-electron chi connectivity index (χ1n) is 9.46. The topological polar surface area (TPSA) is 94.8 Å². The van der Waals surface area contributed by atoms with Crippen molar-refractivity contribution in [2.45, 2.75) is 44.8 Å². The lowest BCUT2D eigenvalue weighted by Crippen LogP contribution is -2.61. The van der Waals surface area contributed by atoms with Crippen LogP contribution >= 0.6 is 11.6 Å². The van der Waals surface area contributed by atoms with Gasteiger partial charge in [0.15, 0.2) is 11.6 Å². The highest BCUT2D eigenvalue weighted by Crippen LogP contribution is 2.66. The van der Waals surface area contributed by atoms with Gasteiger partial charge in [-0.3, -0.25) is 9.59 Å². The Morgan fingerprint density at radius 1 is 1.33 bits per heavy atom. The number of ketones is 2. The maximum atomic E-state index is 12.4. The Balaban J connectivity index is 1.82. The van der Waals surface area contributed by atoms with Crippen molar-refractivity contribution in [3.8, 4) is 0 Å². The number of halogens is 1. The first-order chi connectivity index (χ1) is 12.6. The number of hydrogen-bond donors (Lipinski definition) is 3. The van der Waals surface area contributed by atoms with E-state index >= 15 is 0 Å². The second kappa shape index (κ2) is 5.86. The maximum absolute atomic E-state index is 12.4. The van der Waals surface area contributed by atoms with Crippen LogP contribution in [0.4, 0.5) is 0 Å². The molecule has 146 valence electrons. The van der Waals surface area contributed by atoms with Crippen molar-refractivity contribution in [3.05, 3.63) is 34.9 Å². The zero-order chi connectivity index (χ0) is 19.8. The number of fused-ring (bicyclic) bond motifs is 5. The van der Waals surface area contributed by atoms with E-state index in [9.17, 15) is 24.9 Å². The summed E-state index contributed by atoms with van der Waals surface area (Å²) in [5, 5.41) is 32.1. The fourth-order valence-corrected chi connectivity index (χ4v) is 6.78. The van der Waals surface area contributed by atoms with Crippen molar-refractivity contribution >= 4 is 23.2 Å². The van der Waals surface area contributed by atoms with Crippen LogP contribution < -0.4 is 0 Å². The standard InChI is InChI=1S/C21H25ClO5/c1-19-9-15(25)18-13(14(19)5-6-21(19,27)17(26)10-23)4-3-11-7-12(24)8-16(22)20(11,18)2/h3-4,7-8,13-15,18,23,25,27H,5-6,9-10H2,1-2H3/t13-,14-,15-,18+,19-,20+,21-/m0/s1. The molecule has 0 aliphatic heterocycles. The molecule has 5 nitrogen and oxygen atoms in total. The van der Waals surface area contributed by atoms with Gasteiger partial charge in [0.05, 0.1) is 6.10 Å². The Morgan fingerprint density at radius 2 is 2.04 bits per heavy atom. The van der Waals surface area contributed by atoms with E-state index in [1.807, 2.05) is 26.0 Å². The van der Waals surface area contributed by atoms with E-state index in [1.54, 1.807) is 6.08 Å². The Labute approximate surface area is 163 Å². The smallest absolute Gasteiger partial charge is 0.190 e. The van der Waals surface area contributed by atoms with Gasteiger partial charge >= 0.3 is 0 Å². The molecule has 0 aromatic heterocycles. The highest BCUT2D eigenvalue weighted by Gasteiger charge is 2.68. The molecule has 0 aromatic rings. The molecule has 4 rings (SSSR count). The largest absolute Gasteiger partial charge is 0.393 e. The summed E-state index contributed by atoms with van der Waals surface area (Å²) in [5.74, 6) is -1.09. The summed E-state index contributed by atoms with van der Waals surface area (Å²) >= 11 is 6.54. The van der Waals surface area contributed by atoms with Crippen LogP contribution in [-0.2, 0) is 9.59 Å². The molecule has 0 aromatic carbocycles. The van der Waals surface area contributed by atoms with Gasteiger partial charge in [0, 0.05) is 27.9 Å². The van der Waals surface area contributed by atoms with Crippen LogP contribution in [0.5, 0.6) is 0 Å². The van der Waals surface area contributed by atoms with Gasteiger partial charge < -0.3 is 15.3 Å². The maximum Gasteiger partial charge on any atom is 0.190 e. The second-order valence-electron chi connectivity index (χ2n) is 8.93. The summed E-state index contributed by atoms with van der Waals surface area (Å²) in [6.45, 7) is 3.10. The molecule has 6 heteroatoms. The summed E-state index contributed by atoms with van der Waals surface area (Å²) in [6.07, 6.45) is 7.24. The average Bonchev–Trinajstić information content (AvgIpc) is 2.87. The summed E-state index contributed by atoms with van der Waals surface area (Å²) in [5.41, 5.74) is -2.33. The highest BCUT2D eigenvalue weighted by atomic mass is 35.5. The molecule has 0 amide bonds. The number of carbonyl (C=O) groups excluding carboxylic acids is 2. The van der Waals surface area contributed by atoms with Crippen molar-refractivity contribution < 1.29 is 24.9 Å². The molecule has 0 unspecified atom stereocenters. The second-order valence-corrected chi connectivity index (χ2v) is 9.34. The third-order valence-corrected chi connectivity index (χ3v) is 8.44. The van der Waals surface area contributed by atoms with Gasteiger partial charge in [-0.05, 0) is 42.7 Å². The molecule has 0 bridgehead atoms. The fourth-order valence-electron chi connectivity index (χ4n) is 6.44. The van der Waals surface area contributed by atoms with Crippen molar-refractivity contribution in [1.29, 1.82) is 0 Å². The zero-order valence-electron chi connectivity index (χ0n) is 15.5. The van der Waals surface area contributed by atoms with Crippen LogP contribution in [0.25, 0.3) is 0 Å².